The van der Waals surface area contributed by atoms with E-state index in [0.717, 1.165) is 27.0 Å². The van der Waals surface area contributed by atoms with Gasteiger partial charge >= 0.3 is 0 Å². The van der Waals surface area contributed by atoms with Crippen molar-refractivity contribution in [2.45, 2.75) is 4.90 Å². The molecule has 0 bridgehead atoms. The van der Waals surface area contributed by atoms with Gasteiger partial charge in [0.25, 0.3) is 0 Å². The Kier molecular flexibility index (Phi) is 6.49. The van der Waals surface area contributed by atoms with E-state index in [0.29, 0.717) is 6.61 Å². The molecule has 0 spiro atoms. The average Bonchev–Trinajstić information content (AvgIpc) is 2.50. The second kappa shape index (κ2) is 8.63. The molecule has 0 aromatic heterocycles. The van der Waals surface area contributed by atoms with Gasteiger partial charge in [-0.2, -0.15) is 0 Å². The molecule has 0 saturated carbocycles. The molecular formula is C17H15ClO2S. The maximum Gasteiger partial charge on any atom is 0.120 e. The lowest BCUT2D eigenvalue weighted by atomic mass is 10.2. The molecule has 0 saturated heterocycles. The summed E-state index contributed by atoms with van der Waals surface area (Å²) in [5.74, 6) is 7.10. The average molecular weight is 319 g/mol. The minimum absolute atomic E-state index is 0.138. The van der Waals surface area contributed by atoms with Crippen LogP contribution in [0, 0.1) is 11.8 Å². The zero-order valence-corrected chi connectivity index (χ0v) is 13.0. The number of benzene rings is 2. The fraction of sp³-hybridized carbons (Fsp3) is 0.176. The summed E-state index contributed by atoms with van der Waals surface area (Å²) in [6, 6.07) is 15.3. The van der Waals surface area contributed by atoms with Gasteiger partial charge in [0.1, 0.15) is 12.4 Å². The molecule has 108 valence electrons. The van der Waals surface area contributed by atoms with Gasteiger partial charge in [-0.15, -0.1) is 11.8 Å². The maximum atomic E-state index is 8.68. The van der Waals surface area contributed by atoms with Gasteiger partial charge in [-0.25, -0.2) is 0 Å². The van der Waals surface area contributed by atoms with Crippen LogP contribution in [0.1, 0.15) is 5.56 Å². The van der Waals surface area contributed by atoms with Crippen LogP contribution in [0.2, 0.25) is 5.02 Å². The minimum Gasteiger partial charge on any atom is -0.493 e. The molecule has 4 heteroatoms. The third-order valence-corrected chi connectivity index (χ3v) is 3.76. The largest absolute Gasteiger partial charge is 0.493 e. The van der Waals surface area contributed by atoms with E-state index in [2.05, 4.69) is 11.8 Å². The van der Waals surface area contributed by atoms with E-state index >= 15 is 0 Å². The Morgan fingerprint density at radius 1 is 1.14 bits per heavy atom. The molecule has 2 rings (SSSR count). The van der Waals surface area contributed by atoms with Crippen LogP contribution in [0.15, 0.2) is 53.4 Å². The molecule has 0 aliphatic carbocycles. The molecule has 1 N–H and O–H groups in total. The molecule has 0 radical (unpaired) electrons. The Bertz CT molecular complexity index is 646. The number of ether oxygens (including phenoxy) is 1. The van der Waals surface area contributed by atoms with Gasteiger partial charge in [0, 0.05) is 21.2 Å². The van der Waals surface area contributed by atoms with E-state index in [1.165, 1.54) is 0 Å². The highest BCUT2D eigenvalue weighted by molar-refractivity contribution is 7.99. The monoisotopic (exact) mass is 318 g/mol. The summed E-state index contributed by atoms with van der Waals surface area (Å²) in [5.41, 5.74) is 0.837. The van der Waals surface area contributed by atoms with Crippen molar-refractivity contribution in [2.24, 2.45) is 0 Å². The standard InChI is InChI=1S/C17H15ClO2S/c18-15-6-2-8-17(13-15)21-11-10-20-16-7-1-4-14(12-16)5-3-9-19/h1-2,4,6-8,12-13,19H,9-11H2. The predicted octanol–water partition coefficient (Wildman–Crippen LogP) is 3.85. The van der Waals surface area contributed by atoms with Crippen LogP contribution >= 0.6 is 23.4 Å². The Hall–Kier alpha value is -1.60. The molecule has 0 aliphatic rings. The van der Waals surface area contributed by atoms with Gasteiger partial charge in [0.05, 0.1) is 6.61 Å². The molecule has 0 amide bonds. The minimum atomic E-state index is -0.138. The van der Waals surface area contributed by atoms with E-state index in [9.17, 15) is 0 Å². The second-order valence-corrected chi connectivity index (χ2v) is 5.75. The van der Waals surface area contributed by atoms with Crippen LogP contribution in [-0.4, -0.2) is 24.1 Å². The van der Waals surface area contributed by atoms with Crippen molar-refractivity contribution in [3.8, 4) is 17.6 Å². The summed E-state index contributed by atoms with van der Waals surface area (Å²) < 4.78 is 5.69. The highest BCUT2D eigenvalue weighted by Gasteiger charge is 1.98. The Labute approximate surface area is 134 Å². The first kappa shape index (κ1) is 15.8. The van der Waals surface area contributed by atoms with Gasteiger partial charge in [0.15, 0.2) is 0 Å². The fourth-order valence-corrected chi connectivity index (χ4v) is 2.72. The number of hydrogen-bond donors (Lipinski definition) is 1. The lowest BCUT2D eigenvalue weighted by Crippen LogP contribution is -2.00. The van der Waals surface area contributed by atoms with Crippen molar-refractivity contribution >= 4 is 23.4 Å². The van der Waals surface area contributed by atoms with Gasteiger partial charge < -0.3 is 9.84 Å². The fourth-order valence-electron chi connectivity index (χ4n) is 1.68. The van der Waals surface area contributed by atoms with Crippen LogP contribution in [0.4, 0.5) is 0 Å². The summed E-state index contributed by atoms with van der Waals surface area (Å²) in [4.78, 5) is 1.13. The van der Waals surface area contributed by atoms with Crippen molar-refractivity contribution < 1.29 is 9.84 Å². The summed E-state index contributed by atoms with van der Waals surface area (Å²) in [7, 11) is 0. The summed E-state index contributed by atoms with van der Waals surface area (Å²) in [6.07, 6.45) is 0. The lowest BCUT2D eigenvalue weighted by molar-refractivity contribution is 0.344. The van der Waals surface area contributed by atoms with Gasteiger partial charge in [-0.1, -0.05) is 35.6 Å². The Morgan fingerprint density at radius 2 is 2.00 bits per heavy atom. The summed E-state index contributed by atoms with van der Waals surface area (Å²) in [5, 5.41) is 9.43. The van der Waals surface area contributed by atoms with E-state index < -0.39 is 0 Å². The highest BCUT2D eigenvalue weighted by Crippen LogP contribution is 2.21. The van der Waals surface area contributed by atoms with Crippen molar-refractivity contribution in [1.29, 1.82) is 0 Å². The number of aliphatic hydroxyl groups excluding tert-OH is 1. The number of halogens is 1. The first-order chi connectivity index (χ1) is 10.3. The predicted molar refractivity (Wildman–Crippen MR) is 88.1 cm³/mol. The van der Waals surface area contributed by atoms with Crippen LogP contribution in [0.3, 0.4) is 0 Å². The van der Waals surface area contributed by atoms with Crippen LogP contribution < -0.4 is 4.74 Å². The Morgan fingerprint density at radius 3 is 2.81 bits per heavy atom. The molecule has 2 nitrogen and oxygen atoms in total. The molecule has 2 aromatic carbocycles. The zero-order valence-electron chi connectivity index (χ0n) is 11.4. The summed E-state index contributed by atoms with van der Waals surface area (Å²) in [6.45, 7) is 0.468. The van der Waals surface area contributed by atoms with Crippen LogP contribution in [0.5, 0.6) is 5.75 Å². The second-order valence-electron chi connectivity index (χ2n) is 4.14. The molecule has 0 unspecified atom stereocenters. The van der Waals surface area contributed by atoms with Gasteiger partial charge in [-0.3, -0.25) is 0 Å². The van der Waals surface area contributed by atoms with E-state index in [-0.39, 0.29) is 6.61 Å². The normalized spacial score (nSPS) is 9.81. The van der Waals surface area contributed by atoms with Crippen molar-refractivity contribution in [2.75, 3.05) is 19.0 Å². The smallest absolute Gasteiger partial charge is 0.120 e. The summed E-state index contributed by atoms with van der Waals surface area (Å²) >= 11 is 7.64. The zero-order chi connectivity index (χ0) is 14.9. The number of hydrogen-bond acceptors (Lipinski definition) is 3. The molecule has 2 aromatic rings. The quantitative estimate of drug-likeness (QED) is 0.516. The van der Waals surface area contributed by atoms with E-state index in [1.54, 1.807) is 11.8 Å². The molecule has 0 atom stereocenters. The van der Waals surface area contributed by atoms with E-state index in [4.69, 9.17) is 21.4 Å². The molecule has 0 aliphatic heterocycles. The molecular weight excluding hydrogens is 304 g/mol. The first-order valence-electron chi connectivity index (χ1n) is 6.49. The Balaban J connectivity index is 1.81. The van der Waals surface area contributed by atoms with Crippen molar-refractivity contribution in [3.63, 3.8) is 0 Å². The number of rotatable bonds is 5. The molecule has 21 heavy (non-hydrogen) atoms. The maximum absolute atomic E-state index is 8.68. The number of aliphatic hydroxyl groups is 1. The van der Waals surface area contributed by atoms with Crippen LogP contribution in [-0.2, 0) is 0 Å². The van der Waals surface area contributed by atoms with E-state index in [1.807, 2.05) is 48.5 Å². The third kappa shape index (κ3) is 5.73. The van der Waals surface area contributed by atoms with Gasteiger partial charge in [0.2, 0.25) is 0 Å². The lowest BCUT2D eigenvalue weighted by Gasteiger charge is -2.06. The molecule has 0 heterocycles. The van der Waals surface area contributed by atoms with Crippen molar-refractivity contribution in [3.05, 3.63) is 59.1 Å². The topological polar surface area (TPSA) is 29.5 Å². The van der Waals surface area contributed by atoms with Gasteiger partial charge in [-0.05, 0) is 36.4 Å². The highest BCUT2D eigenvalue weighted by atomic mass is 35.5. The number of thioether (sulfide) groups is 1. The van der Waals surface area contributed by atoms with Crippen LogP contribution in [0.25, 0.3) is 0 Å². The molecule has 0 fully saturated rings. The van der Waals surface area contributed by atoms with Crippen molar-refractivity contribution in [1.82, 2.24) is 0 Å². The third-order valence-electron chi connectivity index (χ3n) is 2.56. The SMILES string of the molecule is OCC#Cc1cccc(OCCSc2cccc(Cl)c2)c1. The first-order valence-corrected chi connectivity index (χ1v) is 7.85.